The molecule has 0 saturated heterocycles. The summed E-state index contributed by atoms with van der Waals surface area (Å²) >= 11 is 5.93. The van der Waals surface area contributed by atoms with E-state index in [0.717, 1.165) is 5.56 Å². The Hall–Kier alpha value is -1.10. The zero-order chi connectivity index (χ0) is 13.4. The van der Waals surface area contributed by atoms with Crippen LogP contribution in [0.5, 0.6) is 0 Å². The molecule has 0 aliphatic heterocycles. The Bertz CT molecular complexity index is 619. The monoisotopic (exact) mass is 284 g/mol. The van der Waals surface area contributed by atoms with Gasteiger partial charge in [-0.25, -0.2) is 0 Å². The number of hydrogen-bond acceptors (Lipinski definition) is 2. The first-order valence-electron chi connectivity index (χ1n) is 5.42. The van der Waals surface area contributed by atoms with Crippen LogP contribution < -0.4 is 0 Å². The highest BCUT2D eigenvalue weighted by atomic mass is 35.5. The number of hydrogen-bond donors (Lipinski definition) is 1. The maximum Gasteiger partial charge on any atom is 0.272 e. The maximum absolute atomic E-state index is 11.5. The lowest BCUT2D eigenvalue weighted by molar-refractivity contribution is 0.450. The molecule has 96 valence electrons. The van der Waals surface area contributed by atoms with E-state index in [0.29, 0.717) is 5.02 Å². The summed E-state index contributed by atoms with van der Waals surface area (Å²) in [7, 11) is -4.18. The summed E-state index contributed by atoms with van der Waals surface area (Å²) in [6.07, 6.45) is 6.63. The van der Waals surface area contributed by atoms with Gasteiger partial charge in [-0.05, 0) is 17.7 Å². The van der Waals surface area contributed by atoms with E-state index in [-0.39, 0.29) is 0 Å². The molecule has 0 saturated carbocycles. The van der Waals surface area contributed by atoms with Gasteiger partial charge in [0.1, 0.15) is 5.25 Å². The lowest BCUT2D eigenvalue weighted by Crippen LogP contribution is -2.40. The third kappa shape index (κ3) is 2.36. The van der Waals surface area contributed by atoms with E-state index in [2.05, 4.69) is 0 Å². The van der Waals surface area contributed by atoms with Crippen molar-refractivity contribution in [2.24, 2.45) is 0 Å². The molecule has 3 nitrogen and oxygen atoms in total. The molecular formula is C13H13ClO3S. The van der Waals surface area contributed by atoms with E-state index in [1.165, 1.54) is 6.08 Å². The molecule has 0 spiro atoms. The molecule has 1 N–H and O–H groups in total. The number of allylic oxidation sites excluding steroid dienone is 3. The van der Waals surface area contributed by atoms with Crippen LogP contribution in [0, 0.1) is 0 Å². The van der Waals surface area contributed by atoms with Crippen molar-refractivity contribution in [2.45, 2.75) is 17.6 Å². The lowest BCUT2D eigenvalue weighted by Gasteiger charge is -2.33. The minimum Gasteiger partial charge on any atom is -0.285 e. The van der Waals surface area contributed by atoms with Crippen LogP contribution in [-0.4, -0.2) is 18.2 Å². The Morgan fingerprint density at radius 2 is 2.06 bits per heavy atom. The fourth-order valence-electron chi connectivity index (χ4n) is 2.21. The summed E-state index contributed by atoms with van der Waals surface area (Å²) in [6.45, 7) is 1.76. The smallest absolute Gasteiger partial charge is 0.272 e. The number of halogens is 1. The molecule has 1 aromatic rings. The summed E-state index contributed by atoms with van der Waals surface area (Å²) in [5.41, 5.74) is -0.0778. The van der Waals surface area contributed by atoms with E-state index >= 15 is 0 Å². The number of rotatable bonds is 2. The third-order valence-electron chi connectivity index (χ3n) is 3.20. The molecule has 1 aromatic carbocycles. The Labute approximate surface area is 112 Å². The highest BCUT2D eigenvalue weighted by molar-refractivity contribution is 7.86. The Morgan fingerprint density at radius 3 is 2.67 bits per heavy atom. The Morgan fingerprint density at radius 1 is 1.33 bits per heavy atom. The van der Waals surface area contributed by atoms with Crippen molar-refractivity contribution in [3.8, 4) is 0 Å². The van der Waals surface area contributed by atoms with Crippen LogP contribution in [-0.2, 0) is 15.5 Å². The Balaban J connectivity index is 2.58. The molecule has 2 unspecified atom stereocenters. The normalized spacial score (nSPS) is 27.4. The molecule has 0 radical (unpaired) electrons. The standard InChI is InChI=1S/C13H13ClO3S/c1-13(10-5-4-6-11(14)9-10)8-3-2-7-12(13)18(15,16)17/h2-9,12H,1H3,(H,15,16,17). The summed E-state index contributed by atoms with van der Waals surface area (Å²) in [4.78, 5) is 0. The van der Waals surface area contributed by atoms with Gasteiger partial charge in [0.05, 0.1) is 0 Å². The van der Waals surface area contributed by atoms with Gasteiger partial charge in [0.15, 0.2) is 0 Å². The van der Waals surface area contributed by atoms with E-state index in [1.54, 1.807) is 49.4 Å². The fourth-order valence-corrected chi connectivity index (χ4v) is 3.52. The van der Waals surface area contributed by atoms with Crippen molar-refractivity contribution in [1.29, 1.82) is 0 Å². The maximum atomic E-state index is 11.5. The van der Waals surface area contributed by atoms with Crippen molar-refractivity contribution < 1.29 is 13.0 Å². The van der Waals surface area contributed by atoms with Gasteiger partial charge < -0.3 is 0 Å². The van der Waals surface area contributed by atoms with Crippen LogP contribution in [0.4, 0.5) is 0 Å². The second kappa shape index (κ2) is 4.53. The Kier molecular flexibility index (Phi) is 3.36. The van der Waals surface area contributed by atoms with E-state index in [4.69, 9.17) is 11.6 Å². The average molecular weight is 285 g/mol. The zero-order valence-electron chi connectivity index (χ0n) is 9.75. The van der Waals surface area contributed by atoms with Crippen molar-refractivity contribution in [3.05, 3.63) is 59.2 Å². The van der Waals surface area contributed by atoms with Crippen LogP contribution in [0.15, 0.2) is 48.6 Å². The van der Waals surface area contributed by atoms with Crippen molar-refractivity contribution in [2.75, 3.05) is 0 Å². The first-order valence-corrected chi connectivity index (χ1v) is 7.30. The van der Waals surface area contributed by atoms with Gasteiger partial charge in [-0.15, -0.1) is 0 Å². The fraction of sp³-hybridized carbons (Fsp3) is 0.231. The van der Waals surface area contributed by atoms with Crippen molar-refractivity contribution >= 4 is 21.7 Å². The molecular weight excluding hydrogens is 272 g/mol. The summed E-state index contributed by atoms with van der Waals surface area (Å²) in [5.74, 6) is 0. The van der Waals surface area contributed by atoms with Crippen molar-refractivity contribution in [1.82, 2.24) is 0 Å². The third-order valence-corrected chi connectivity index (χ3v) is 4.72. The molecule has 18 heavy (non-hydrogen) atoms. The van der Waals surface area contributed by atoms with Gasteiger partial charge in [-0.1, -0.05) is 55.0 Å². The van der Waals surface area contributed by atoms with Crippen LogP contribution in [0.1, 0.15) is 12.5 Å². The minimum absolute atomic E-state index is 0.533. The van der Waals surface area contributed by atoms with Crippen LogP contribution in [0.3, 0.4) is 0 Å². The topological polar surface area (TPSA) is 54.4 Å². The average Bonchev–Trinajstić information content (AvgIpc) is 2.28. The highest BCUT2D eigenvalue weighted by Crippen LogP contribution is 2.36. The SMILES string of the molecule is CC1(c2cccc(Cl)c2)C=CC=CC1S(=O)(=O)O. The first kappa shape index (κ1) is 13.3. The molecule has 2 rings (SSSR count). The molecule has 2 atom stereocenters. The predicted molar refractivity (Wildman–Crippen MR) is 72.4 cm³/mol. The lowest BCUT2D eigenvalue weighted by atomic mass is 9.77. The first-order chi connectivity index (χ1) is 8.34. The van der Waals surface area contributed by atoms with Gasteiger partial charge in [-0.2, -0.15) is 8.42 Å². The van der Waals surface area contributed by atoms with Crippen LogP contribution >= 0.6 is 11.6 Å². The summed E-state index contributed by atoms with van der Waals surface area (Å²) in [5, 5.41) is -0.473. The minimum atomic E-state index is -4.18. The summed E-state index contributed by atoms with van der Waals surface area (Å²) in [6, 6.07) is 6.99. The quantitative estimate of drug-likeness (QED) is 0.850. The zero-order valence-corrected chi connectivity index (χ0v) is 11.3. The summed E-state index contributed by atoms with van der Waals surface area (Å²) < 4.78 is 32.4. The predicted octanol–water partition coefficient (Wildman–Crippen LogP) is 2.98. The second-order valence-corrected chi connectivity index (χ2v) is 6.45. The molecule has 0 aromatic heterocycles. The molecule has 0 fully saturated rings. The van der Waals surface area contributed by atoms with E-state index in [1.807, 2.05) is 0 Å². The molecule has 0 bridgehead atoms. The molecule has 1 aliphatic rings. The number of benzene rings is 1. The van der Waals surface area contributed by atoms with Gasteiger partial charge in [-0.3, -0.25) is 4.55 Å². The van der Waals surface area contributed by atoms with Gasteiger partial charge in [0, 0.05) is 10.4 Å². The van der Waals surface area contributed by atoms with Gasteiger partial charge >= 0.3 is 0 Å². The largest absolute Gasteiger partial charge is 0.285 e. The van der Waals surface area contributed by atoms with Crippen LogP contribution in [0.25, 0.3) is 0 Å². The molecule has 5 heteroatoms. The van der Waals surface area contributed by atoms with Crippen LogP contribution in [0.2, 0.25) is 5.02 Å². The second-order valence-electron chi connectivity index (χ2n) is 4.47. The molecule has 0 heterocycles. The van der Waals surface area contributed by atoms with E-state index in [9.17, 15) is 13.0 Å². The van der Waals surface area contributed by atoms with Crippen molar-refractivity contribution in [3.63, 3.8) is 0 Å². The molecule has 1 aliphatic carbocycles. The highest BCUT2D eigenvalue weighted by Gasteiger charge is 2.41. The van der Waals surface area contributed by atoms with E-state index < -0.39 is 20.8 Å². The van der Waals surface area contributed by atoms with Gasteiger partial charge in [0.25, 0.3) is 10.1 Å². The molecule has 0 amide bonds. The van der Waals surface area contributed by atoms with Gasteiger partial charge in [0.2, 0.25) is 0 Å².